The summed E-state index contributed by atoms with van der Waals surface area (Å²) in [6.45, 7) is 12.2. The first-order valence-corrected chi connectivity index (χ1v) is 13.0. The molecule has 0 N–H and O–H groups in total. The first-order valence-electron chi connectivity index (χ1n) is 12.7. The van der Waals surface area contributed by atoms with Crippen molar-refractivity contribution in [1.82, 2.24) is 9.88 Å². The van der Waals surface area contributed by atoms with Crippen LogP contribution in [0.2, 0.25) is 5.02 Å². The van der Waals surface area contributed by atoms with Crippen molar-refractivity contribution in [2.24, 2.45) is 5.92 Å². The summed E-state index contributed by atoms with van der Waals surface area (Å²) in [6, 6.07) is 9.52. The summed E-state index contributed by atoms with van der Waals surface area (Å²) in [5, 5.41) is 0.587. The zero-order valence-corrected chi connectivity index (χ0v) is 23.1. The predicted molar refractivity (Wildman–Crippen MR) is 143 cm³/mol. The zero-order valence-electron chi connectivity index (χ0n) is 22.3. The summed E-state index contributed by atoms with van der Waals surface area (Å²) in [5.74, 6) is 0.510. The number of rotatable bonds is 2. The summed E-state index contributed by atoms with van der Waals surface area (Å²) in [5.41, 5.74) is 2.26. The van der Waals surface area contributed by atoms with Crippen LogP contribution in [0.4, 0.5) is 9.59 Å². The molecule has 7 nitrogen and oxygen atoms in total. The number of pyridine rings is 1. The van der Waals surface area contributed by atoms with Crippen LogP contribution in [-0.2, 0) is 14.2 Å². The molecule has 37 heavy (non-hydrogen) atoms. The number of hydrogen-bond acceptors (Lipinski definition) is 6. The quantitative estimate of drug-likeness (QED) is 0.383. The summed E-state index contributed by atoms with van der Waals surface area (Å²) in [6.07, 6.45) is 4.09. The van der Waals surface area contributed by atoms with E-state index in [1.54, 1.807) is 31.9 Å². The molecule has 1 amide bonds. The molecule has 1 aromatic carbocycles. The number of ether oxygens (including phenoxy) is 3. The Morgan fingerprint density at radius 1 is 1.00 bits per heavy atom. The van der Waals surface area contributed by atoms with E-state index in [1.165, 1.54) is 0 Å². The van der Waals surface area contributed by atoms with E-state index in [0.717, 1.165) is 35.2 Å². The van der Waals surface area contributed by atoms with Crippen molar-refractivity contribution in [3.05, 3.63) is 63.9 Å². The van der Waals surface area contributed by atoms with Gasteiger partial charge in [0.15, 0.2) is 0 Å². The fraction of sp³-hybridized carbons (Fsp3) is 0.483. The topological polar surface area (TPSA) is 78.0 Å². The van der Waals surface area contributed by atoms with Gasteiger partial charge < -0.3 is 19.1 Å². The first kappa shape index (κ1) is 27.0. The molecule has 1 aromatic heterocycles. The van der Waals surface area contributed by atoms with Crippen LogP contribution in [0.5, 0.6) is 0 Å². The lowest BCUT2D eigenvalue weighted by Gasteiger charge is -2.37. The maximum Gasteiger partial charge on any atom is 0.514 e. The highest BCUT2D eigenvalue weighted by atomic mass is 35.5. The minimum atomic E-state index is -0.777. The van der Waals surface area contributed by atoms with Gasteiger partial charge in [0.1, 0.15) is 17.0 Å². The lowest BCUT2D eigenvalue weighted by molar-refractivity contribution is 0.0147. The second-order valence-corrected chi connectivity index (χ2v) is 12.0. The molecular weight excluding hydrogens is 492 g/mol. The third-order valence-corrected chi connectivity index (χ3v) is 6.55. The molecule has 1 aliphatic carbocycles. The van der Waals surface area contributed by atoms with Gasteiger partial charge in [-0.3, -0.25) is 4.98 Å². The predicted octanol–water partition coefficient (Wildman–Crippen LogP) is 7.28. The molecule has 1 unspecified atom stereocenters. The number of halogens is 1. The van der Waals surface area contributed by atoms with Crippen molar-refractivity contribution in [3.8, 4) is 0 Å². The fourth-order valence-electron chi connectivity index (χ4n) is 4.86. The van der Waals surface area contributed by atoms with Crippen molar-refractivity contribution >= 4 is 35.7 Å². The highest BCUT2D eigenvalue weighted by Gasteiger charge is 2.37. The molecule has 2 heterocycles. The monoisotopic (exact) mass is 526 g/mol. The number of fused-ring (bicyclic) bond motifs is 2. The third kappa shape index (κ3) is 6.63. The second kappa shape index (κ2) is 10.4. The van der Waals surface area contributed by atoms with Crippen LogP contribution in [-0.4, -0.2) is 46.4 Å². The molecule has 0 bridgehead atoms. The summed E-state index contributed by atoms with van der Waals surface area (Å²) < 4.78 is 16.8. The SMILES string of the molecule is CC(C)(C)OC(=O)OC1=Cc2cc(Cl)ccc2C(C2CCN(C(=O)OC(C)(C)C)CC2)c2ncccc21. The Kier molecular flexibility index (Phi) is 7.56. The van der Waals surface area contributed by atoms with Gasteiger partial charge in [0.2, 0.25) is 0 Å². The maximum absolute atomic E-state index is 12.6. The molecule has 1 aliphatic heterocycles. The smallest absolute Gasteiger partial charge is 0.444 e. The van der Waals surface area contributed by atoms with Gasteiger partial charge in [-0.1, -0.05) is 17.7 Å². The first-order chi connectivity index (χ1) is 17.3. The number of aromatic nitrogens is 1. The number of piperidine rings is 1. The van der Waals surface area contributed by atoms with Crippen LogP contribution in [0.15, 0.2) is 36.5 Å². The number of carbonyl (C=O) groups excluding carboxylic acids is 2. The molecule has 8 heteroatoms. The van der Waals surface area contributed by atoms with Gasteiger partial charge in [-0.15, -0.1) is 0 Å². The van der Waals surface area contributed by atoms with Crippen LogP contribution in [0.1, 0.15) is 82.7 Å². The Bertz CT molecular complexity index is 1200. The number of benzene rings is 1. The Hall–Kier alpha value is -3.06. The highest BCUT2D eigenvalue weighted by Crippen LogP contribution is 2.45. The minimum Gasteiger partial charge on any atom is -0.444 e. The number of amides is 1. The average molecular weight is 527 g/mol. The van der Waals surface area contributed by atoms with E-state index in [2.05, 4.69) is 0 Å². The number of carbonyl (C=O) groups is 2. The Labute approximate surface area is 223 Å². The van der Waals surface area contributed by atoms with E-state index in [9.17, 15) is 9.59 Å². The van der Waals surface area contributed by atoms with Crippen molar-refractivity contribution in [2.45, 2.75) is 71.5 Å². The van der Waals surface area contributed by atoms with E-state index in [1.807, 2.05) is 57.2 Å². The normalized spacial score (nSPS) is 18.2. The summed E-state index contributed by atoms with van der Waals surface area (Å²) in [4.78, 5) is 31.8. The Morgan fingerprint density at radius 3 is 2.32 bits per heavy atom. The van der Waals surface area contributed by atoms with Gasteiger partial charge in [-0.2, -0.15) is 0 Å². The van der Waals surface area contributed by atoms with Crippen molar-refractivity contribution in [1.29, 1.82) is 0 Å². The van der Waals surface area contributed by atoms with E-state index >= 15 is 0 Å². The lowest BCUT2D eigenvalue weighted by Crippen LogP contribution is -2.42. The Morgan fingerprint density at radius 2 is 1.68 bits per heavy atom. The van der Waals surface area contributed by atoms with Gasteiger partial charge in [0, 0.05) is 35.8 Å². The molecule has 1 atom stereocenters. The van der Waals surface area contributed by atoms with Crippen LogP contribution in [0, 0.1) is 5.92 Å². The minimum absolute atomic E-state index is 0.0692. The molecule has 0 radical (unpaired) electrons. The van der Waals surface area contributed by atoms with Crippen LogP contribution in [0.3, 0.4) is 0 Å². The van der Waals surface area contributed by atoms with Crippen molar-refractivity contribution in [2.75, 3.05) is 13.1 Å². The van der Waals surface area contributed by atoms with E-state index in [0.29, 0.717) is 23.9 Å². The molecule has 198 valence electrons. The largest absolute Gasteiger partial charge is 0.514 e. The molecule has 1 saturated heterocycles. The summed E-state index contributed by atoms with van der Waals surface area (Å²) in [7, 11) is 0. The van der Waals surface area contributed by atoms with Crippen LogP contribution < -0.4 is 0 Å². The van der Waals surface area contributed by atoms with Crippen molar-refractivity contribution < 1.29 is 23.8 Å². The van der Waals surface area contributed by atoms with Gasteiger partial charge in [-0.05, 0) is 102 Å². The number of nitrogens with zero attached hydrogens (tertiary/aromatic N) is 2. The second-order valence-electron chi connectivity index (χ2n) is 11.6. The average Bonchev–Trinajstić information content (AvgIpc) is 2.91. The van der Waals surface area contributed by atoms with Crippen LogP contribution in [0.25, 0.3) is 11.8 Å². The molecule has 0 saturated carbocycles. The number of likely N-dealkylation sites (tertiary alicyclic amines) is 1. The molecule has 2 aliphatic rings. The maximum atomic E-state index is 12.6. The Balaban J connectivity index is 1.67. The lowest BCUT2D eigenvalue weighted by atomic mass is 9.76. The molecular formula is C29H35ClN2O5. The molecule has 4 rings (SSSR count). The van der Waals surface area contributed by atoms with Gasteiger partial charge >= 0.3 is 12.2 Å². The summed E-state index contributed by atoms with van der Waals surface area (Å²) >= 11 is 6.39. The highest BCUT2D eigenvalue weighted by molar-refractivity contribution is 6.30. The van der Waals surface area contributed by atoms with Gasteiger partial charge in [-0.25, -0.2) is 9.59 Å². The van der Waals surface area contributed by atoms with E-state index < -0.39 is 17.4 Å². The van der Waals surface area contributed by atoms with Crippen LogP contribution >= 0.6 is 11.6 Å². The van der Waals surface area contributed by atoms with E-state index in [4.69, 9.17) is 30.8 Å². The standard InChI is InChI=1S/C29H35ClN2O5/c1-28(2,3)36-26(33)32-14-11-18(12-15-32)24-21-10-9-20(30)16-19(21)17-23(22-8-7-13-31-25(22)24)35-27(34)37-29(4,5)6/h7-10,13,16-18,24H,11-12,14-15H2,1-6H3. The van der Waals surface area contributed by atoms with E-state index in [-0.39, 0.29) is 17.9 Å². The third-order valence-electron chi connectivity index (χ3n) is 6.31. The van der Waals surface area contributed by atoms with Gasteiger partial charge in [0.05, 0.1) is 5.69 Å². The van der Waals surface area contributed by atoms with Gasteiger partial charge in [0.25, 0.3) is 0 Å². The number of hydrogen-bond donors (Lipinski definition) is 0. The molecule has 2 aromatic rings. The zero-order chi connectivity index (χ0) is 27.0. The fourth-order valence-corrected chi connectivity index (χ4v) is 5.04. The van der Waals surface area contributed by atoms with Crippen molar-refractivity contribution in [3.63, 3.8) is 0 Å². The molecule has 0 spiro atoms. The molecule has 1 fully saturated rings.